The Morgan fingerprint density at radius 3 is 2.48 bits per heavy atom. The molecule has 1 aromatic carbocycles. The van der Waals surface area contributed by atoms with Crippen LogP contribution < -0.4 is 10.9 Å². The fourth-order valence-electron chi connectivity index (χ4n) is 2.87. The number of amides is 1. The third-order valence-electron chi connectivity index (χ3n) is 3.97. The van der Waals surface area contributed by atoms with Gasteiger partial charge in [0.2, 0.25) is 0 Å². The molecule has 0 aliphatic heterocycles. The summed E-state index contributed by atoms with van der Waals surface area (Å²) in [5, 5.41) is 2.76. The third-order valence-corrected chi connectivity index (χ3v) is 3.97. The minimum absolute atomic E-state index is 0.196. The zero-order valence-corrected chi connectivity index (χ0v) is 11.8. The molecule has 1 aromatic heterocycles. The first-order valence-electron chi connectivity index (χ1n) is 7.33. The molecule has 1 amide bonds. The number of para-hydroxylation sites is 1. The highest BCUT2D eigenvalue weighted by Crippen LogP contribution is 2.28. The van der Waals surface area contributed by atoms with Gasteiger partial charge in [-0.1, -0.05) is 31.0 Å². The van der Waals surface area contributed by atoms with E-state index in [9.17, 15) is 9.59 Å². The van der Waals surface area contributed by atoms with Crippen molar-refractivity contribution >= 4 is 11.6 Å². The van der Waals surface area contributed by atoms with Gasteiger partial charge in [-0.25, -0.2) is 0 Å². The van der Waals surface area contributed by atoms with E-state index in [1.165, 1.54) is 0 Å². The normalized spacial score (nSPS) is 15.0. The Morgan fingerprint density at radius 2 is 1.76 bits per heavy atom. The van der Waals surface area contributed by atoms with Crippen molar-refractivity contribution in [3.63, 3.8) is 0 Å². The fraction of sp³-hybridized carbons (Fsp3) is 0.294. The Morgan fingerprint density at radius 1 is 1.05 bits per heavy atom. The second-order valence-electron chi connectivity index (χ2n) is 5.39. The van der Waals surface area contributed by atoms with Gasteiger partial charge in [-0.15, -0.1) is 0 Å². The predicted molar refractivity (Wildman–Crippen MR) is 82.6 cm³/mol. The Labute approximate surface area is 123 Å². The van der Waals surface area contributed by atoms with Gasteiger partial charge in [0.1, 0.15) is 5.56 Å². The number of hydrogen-bond acceptors (Lipinski definition) is 2. The number of nitrogens with zero attached hydrogens (tertiary/aromatic N) is 1. The van der Waals surface area contributed by atoms with Gasteiger partial charge >= 0.3 is 0 Å². The quantitative estimate of drug-likeness (QED) is 0.939. The molecular formula is C17H18N2O2. The van der Waals surface area contributed by atoms with Gasteiger partial charge in [0, 0.05) is 17.9 Å². The molecule has 1 fully saturated rings. The summed E-state index contributed by atoms with van der Waals surface area (Å²) in [7, 11) is 0. The monoisotopic (exact) mass is 282 g/mol. The minimum atomic E-state index is -0.349. The van der Waals surface area contributed by atoms with Crippen LogP contribution in [0.4, 0.5) is 5.69 Å². The standard InChI is InChI=1S/C17H18N2O2/c20-16(18-13-7-2-1-3-8-13)15-11-6-12-19(17(15)21)14-9-4-5-10-14/h1-3,6-8,11-12,14H,4-5,9-10H2,(H,18,20). The maximum absolute atomic E-state index is 12.5. The van der Waals surface area contributed by atoms with Crippen LogP contribution in [0.15, 0.2) is 53.5 Å². The SMILES string of the molecule is O=C(Nc1ccccc1)c1cccn(C2CCCC2)c1=O. The largest absolute Gasteiger partial charge is 0.322 e. The van der Waals surface area contributed by atoms with E-state index in [1.54, 1.807) is 35.0 Å². The Bertz CT molecular complexity index is 685. The van der Waals surface area contributed by atoms with Gasteiger partial charge in [0.25, 0.3) is 11.5 Å². The molecule has 1 saturated carbocycles. The van der Waals surface area contributed by atoms with Crippen LogP contribution >= 0.6 is 0 Å². The van der Waals surface area contributed by atoms with E-state index < -0.39 is 0 Å². The molecule has 0 atom stereocenters. The molecule has 21 heavy (non-hydrogen) atoms. The first-order chi connectivity index (χ1) is 10.3. The highest BCUT2D eigenvalue weighted by atomic mass is 16.2. The lowest BCUT2D eigenvalue weighted by Crippen LogP contribution is -2.30. The molecular weight excluding hydrogens is 264 g/mol. The number of rotatable bonds is 3. The molecule has 0 radical (unpaired) electrons. The van der Waals surface area contributed by atoms with E-state index in [0.717, 1.165) is 25.7 Å². The summed E-state index contributed by atoms with van der Waals surface area (Å²) in [4.78, 5) is 24.8. The molecule has 1 aliphatic carbocycles. The summed E-state index contributed by atoms with van der Waals surface area (Å²) in [5.41, 5.74) is 0.698. The molecule has 2 aromatic rings. The maximum atomic E-state index is 12.5. The van der Waals surface area contributed by atoms with E-state index in [1.807, 2.05) is 18.2 Å². The smallest absolute Gasteiger partial charge is 0.263 e. The van der Waals surface area contributed by atoms with Crippen LogP contribution in [0.2, 0.25) is 0 Å². The summed E-state index contributed by atoms with van der Waals surface area (Å²) < 4.78 is 1.72. The van der Waals surface area contributed by atoms with Gasteiger partial charge in [-0.3, -0.25) is 9.59 Å². The van der Waals surface area contributed by atoms with Gasteiger partial charge in [0.05, 0.1) is 0 Å². The van der Waals surface area contributed by atoms with Crippen molar-refractivity contribution in [2.45, 2.75) is 31.7 Å². The topological polar surface area (TPSA) is 51.1 Å². The van der Waals surface area contributed by atoms with Crippen molar-refractivity contribution < 1.29 is 4.79 Å². The van der Waals surface area contributed by atoms with Crippen LogP contribution in [0.1, 0.15) is 42.1 Å². The molecule has 4 heteroatoms. The molecule has 108 valence electrons. The van der Waals surface area contributed by atoms with Crippen LogP contribution in [-0.2, 0) is 0 Å². The summed E-state index contributed by atoms with van der Waals surface area (Å²) in [6, 6.07) is 12.8. The van der Waals surface area contributed by atoms with E-state index in [0.29, 0.717) is 5.69 Å². The summed E-state index contributed by atoms with van der Waals surface area (Å²) in [6.07, 6.45) is 6.13. The molecule has 1 heterocycles. The molecule has 0 unspecified atom stereocenters. The van der Waals surface area contributed by atoms with Crippen molar-refractivity contribution in [3.05, 3.63) is 64.6 Å². The second-order valence-corrected chi connectivity index (χ2v) is 5.39. The molecule has 0 saturated heterocycles. The highest BCUT2D eigenvalue weighted by molar-refractivity contribution is 6.03. The van der Waals surface area contributed by atoms with Crippen molar-refractivity contribution in [3.8, 4) is 0 Å². The lowest BCUT2D eigenvalue weighted by atomic mass is 10.2. The Hall–Kier alpha value is -2.36. The average molecular weight is 282 g/mol. The van der Waals surface area contributed by atoms with Crippen molar-refractivity contribution in [1.82, 2.24) is 4.57 Å². The van der Waals surface area contributed by atoms with Gasteiger partial charge in [-0.2, -0.15) is 0 Å². The first kappa shape index (κ1) is 13.6. The number of carbonyl (C=O) groups excluding carboxylic acids is 1. The summed E-state index contributed by atoms with van der Waals surface area (Å²) in [6.45, 7) is 0. The minimum Gasteiger partial charge on any atom is -0.322 e. The zero-order valence-electron chi connectivity index (χ0n) is 11.8. The maximum Gasteiger partial charge on any atom is 0.263 e. The van der Waals surface area contributed by atoms with Crippen molar-refractivity contribution in [1.29, 1.82) is 0 Å². The first-order valence-corrected chi connectivity index (χ1v) is 7.33. The molecule has 1 N–H and O–H groups in total. The van der Waals surface area contributed by atoms with Crippen molar-refractivity contribution in [2.24, 2.45) is 0 Å². The number of pyridine rings is 1. The third kappa shape index (κ3) is 2.89. The second kappa shape index (κ2) is 5.95. The summed E-state index contributed by atoms with van der Waals surface area (Å²) in [5.74, 6) is -0.349. The highest BCUT2D eigenvalue weighted by Gasteiger charge is 2.20. The molecule has 1 aliphatic rings. The van der Waals surface area contributed by atoms with Crippen LogP contribution in [-0.4, -0.2) is 10.5 Å². The van der Waals surface area contributed by atoms with Gasteiger partial charge in [0.15, 0.2) is 0 Å². The average Bonchev–Trinajstić information content (AvgIpc) is 3.02. The van der Waals surface area contributed by atoms with E-state index in [2.05, 4.69) is 5.32 Å². The number of benzene rings is 1. The number of hydrogen-bond donors (Lipinski definition) is 1. The number of nitrogens with one attached hydrogen (secondary N) is 1. The molecule has 0 bridgehead atoms. The van der Waals surface area contributed by atoms with E-state index in [4.69, 9.17) is 0 Å². The fourth-order valence-corrected chi connectivity index (χ4v) is 2.87. The van der Waals surface area contributed by atoms with E-state index >= 15 is 0 Å². The molecule has 4 nitrogen and oxygen atoms in total. The molecule has 3 rings (SSSR count). The zero-order chi connectivity index (χ0) is 14.7. The Kier molecular flexibility index (Phi) is 3.86. The van der Waals surface area contributed by atoms with Crippen LogP contribution in [0, 0.1) is 0 Å². The van der Waals surface area contributed by atoms with E-state index in [-0.39, 0.29) is 23.1 Å². The van der Waals surface area contributed by atoms with Crippen molar-refractivity contribution in [2.75, 3.05) is 5.32 Å². The lowest BCUT2D eigenvalue weighted by molar-refractivity contribution is 0.102. The van der Waals surface area contributed by atoms with Gasteiger partial charge < -0.3 is 9.88 Å². The number of aromatic nitrogens is 1. The number of carbonyl (C=O) groups is 1. The predicted octanol–water partition coefficient (Wildman–Crippen LogP) is 3.22. The number of anilines is 1. The van der Waals surface area contributed by atoms with Gasteiger partial charge in [-0.05, 0) is 37.1 Å². The van der Waals surface area contributed by atoms with Crippen LogP contribution in [0.3, 0.4) is 0 Å². The van der Waals surface area contributed by atoms with Crippen LogP contribution in [0.5, 0.6) is 0 Å². The molecule has 0 spiro atoms. The van der Waals surface area contributed by atoms with Crippen LogP contribution in [0.25, 0.3) is 0 Å². The lowest BCUT2D eigenvalue weighted by Gasteiger charge is -2.14. The Balaban J connectivity index is 1.86. The summed E-state index contributed by atoms with van der Waals surface area (Å²) >= 11 is 0.